The van der Waals surface area contributed by atoms with Crippen molar-refractivity contribution in [1.29, 1.82) is 0 Å². The molecule has 0 spiro atoms. The number of carbonyl (C=O) groups excluding carboxylic acids is 1. The number of benzene rings is 2. The lowest BCUT2D eigenvalue weighted by Crippen LogP contribution is -2.48. The van der Waals surface area contributed by atoms with Gasteiger partial charge in [-0.2, -0.15) is 0 Å². The lowest BCUT2D eigenvalue weighted by molar-refractivity contribution is -0.384. The normalized spacial score (nSPS) is 14.6. The van der Waals surface area contributed by atoms with E-state index in [0.29, 0.717) is 18.7 Å². The fourth-order valence-corrected chi connectivity index (χ4v) is 2.86. The molecule has 1 fully saturated rings. The summed E-state index contributed by atoms with van der Waals surface area (Å²) in [7, 11) is 0. The zero-order valence-corrected chi connectivity index (χ0v) is 14.5. The number of hydrogen-bond donors (Lipinski definition) is 0. The highest BCUT2D eigenvalue weighted by Gasteiger charge is 2.22. The first-order valence-electron chi connectivity index (χ1n) is 7.93. The summed E-state index contributed by atoms with van der Waals surface area (Å²) in [6.07, 6.45) is 0. The molecule has 0 atom stereocenters. The van der Waals surface area contributed by atoms with Gasteiger partial charge >= 0.3 is 0 Å². The molecule has 0 aromatic heterocycles. The van der Waals surface area contributed by atoms with Crippen LogP contribution < -0.4 is 0 Å². The summed E-state index contributed by atoms with van der Waals surface area (Å²) in [5.74, 6) is -0.0655. The van der Waals surface area contributed by atoms with E-state index in [1.807, 2.05) is 23.1 Å². The van der Waals surface area contributed by atoms with Crippen LogP contribution in [0.4, 0.5) is 5.69 Å². The average molecular weight is 362 g/mol. The Morgan fingerprint density at radius 3 is 2.12 bits per heavy atom. The fraction of sp³-hybridized carbons (Fsp3) is 0.278. The van der Waals surface area contributed by atoms with Crippen molar-refractivity contribution in [2.75, 3.05) is 26.2 Å². The van der Waals surface area contributed by atoms with Crippen molar-refractivity contribution in [2.24, 2.45) is 0 Å². The zero-order chi connectivity index (χ0) is 16.9. The number of nitrogens with zero attached hydrogens (tertiary/aromatic N) is 3. The molecule has 3 rings (SSSR count). The molecule has 2 aromatic rings. The first-order valence-corrected chi connectivity index (χ1v) is 7.93. The molecule has 7 heteroatoms. The number of non-ortho nitro benzene ring substituents is 1. The van der Waals surface area contributed by atoms with Gasteiger partial charge in [0.1, 0.15) is 0 Å². The van der Waals surface area contributed by atoms with Gasteiger partial charge in [0, 0.05) is 50.4 Å². The van der Waals surface area contributed by atoms with Crippen molar-refractivity contribution >= 4 is 24.0 Å². The molecule has 132 valence electrons. The number of rotatable bonds is 4. The Labute approximate surface area is 152 Å². The van der Waals surface area contributed by atoms with E-state index in [1.54, 1.807) is 0 Å². The highest BCUT2D eigenvalue weighted by molar-refractivity contribution is 5.94. The number of hydrogen-bond acceptors (Lipinski definition) is 4. The number of carbonyl (C=O) groups is 1. The van der Waals surface area contributed by atoms with Crippen molar-refractivity contribution in [3.8, 4) is 0 Å². The Kier molecular flexibility index (Phi) is 6.50. The van der Waals surface area contributed by atoms with Crippen molar-refractivity contribution in [2.45, 2.75) is 6.54 Å². The van der Waals surface area contributed by atoms with Gasteiger partial charge in [0.2, 0.25) is 0 Å². The minimum atomic E-state index is -0.462. The first kappa shape index (κ1) is 18.9. The third-order valence-electron chi connectivity index (χ3n) is 4.23. The van der Waals surface area contributed by atoms with Gasteiger partial charge in [0.15, 0.2) is 0 Å². The van der Waals surface area contributed by atoms with E-state index >= 15 is 0 Å². The quantitative estimate of drug-likeness (QED) is 0.620. The van der Waals surface area contributed by atoms with Gasteiger partial charge in [-0.05, 0) is 17.7 Å². The maximum Gasteiger partial charge on any atom is 0.269 e. The van der Waals surface area contributed by atoms with E-state index in [4.69, 9.17) is 0 Å². The Morgan fingerprint density at radius 1 is 0.960 bits per heavy atom. The second-order valence-electron chi connectivity index (χ2n) is 5.86. The summed E-state index contributed by atoms with van der Waals surface area (Å²) < 4.78 is 0. The fourth-order valence-electron chi connectivity index (χ4n) is 2.86. The lowest BCUT2D eigenvalue weighted by Gasteiger charge is -2.34. The summed E-state index contributed by atoms with van der Waals surface area (Å²) in [5.41, 5.74) is 1.77. The number of nitro groups is 1. The third-order valence-corrected chi connectivity index (χ3v) is 4.23. The van der Waals surface area contributed by atoms with Gasteiger partial charge in [-0.3, -0.25) is 19.8 Å². The molecule has 1 amide bonds. The lowest BCUT2D eigenvalue weighted by atomic mass is 10.1. The molecule has 2 aromatic carbocycles. The van der Waals surface area contributed by atoms with Crippen LogP contribution in [0.5, 0.6) is 0 Å². The van der Waals surface area contributed by atoms with Crippen LogP contribution in [0.15, 0.2) is 54.6 Å². The zero-order valence-electron chi connectivity index (χ0n) is 13.7. The van der Waals surface area contributed by atoms with Crippen molar-refractivity contribution in [1.82, 2.24) is 9.80 Å². The predicted molar refractivity (Wildman–Crippen MR) is 98.0 cm³/mol. The molecule has 1 saturated heterocycles. The Hall–Kier alpha value is -2.44. The second kappa shape index (κ2) is 8.60. The summed E-state index contributed by atoms with van der Waals surface area (Å²) in [6.45, 7) is 3.88. The number of nitro benzene ring substituents is 1. The van der Waals surface area contributed by atoms with E-state index in [-0.39, 0.29) is 24.0 Å². The summed E-state index contributed by atoms with van der Waals surface area (Å²) in [6, 6.07) is 16.1. The van der Waals surface area contributed by atoms with Gasteiger partial charge in [-0.15, -0.1) is 12.4 Å². The van der Waals surface area contributed by atoms with Gasteiger partial charge in [0.05, 0.1) is 4.92 Å². The minimum Gasteiger partial charge on any atom is -0.336 e. The maximum absolute atomic E-state index is 12.5. The molecule has 6 nitrogen and oxygen atoms in total. The molecule has 0 N–H and O–H groups in total. The van der Waals surface area contributed by atoms with Crippen LogP contribution in [-0.4, -0.2) is 46.8 Å². The molecule has 0 aliphatic carbocycles. The maximum atomic E-state index is 12.5. The highest BCUT2D eigenvalue weighted by atomic mass is 35.5. The van der Waals surface area contributed by atoms with Crippen LogP contribution in [0.1, 0.15) is 15.9 Å². The van der Waals surface area contributed by atoms with Gasteiger partial charge in [-0.1, -0.05) is 30.3 Å². The topological polar surface area (TPSA) is 66.7 Å². The molecule has 1 heterocycles. The second-order valence-corrected chi connectivity index (χ2v) is 5.86. The average Bonchev–Trinajstić information content (AvgIpc) is 2.63. The molecular weight excluding hydrogens is 342 g/mol. The third kappa shape index (κ3) is 4.78. The first-order chi connectivity index (χ1) is 11.6. The Morgan fingerprint density at radius 2 is 1.56 bits per heavy atom. The largest absolute Gasteiger partial charge is 0.336 e. The van der Waals surface area contributed by atoms with Crippen LogP contribution in [0, 0.1) is 10.1 Å². The monoisotopic (exact) mass is 361 g/mol. The number of halogens is 1. The van der Waals surface area contributed by atoms with E-state index < -0.39 is 4.92 Å². The summed E-state index contributed by atoms with van der Waals surface area (Å²) >= 11 is 0. The SMILES string of the molecule is Cl.O=C(c1ccc([N+](=O)[O-])cc1)N1CCN(Cc2ccccc2)CC1. The van der Waals surface area contributed by atoms with E-state index in [1.165, 1.54) is 29.8 Å². The molecule has 0 bridgehead atoms. The Balaban J connectivity index is 0.00000225. The Bertz CT molecular complexity index is 714. The van der Waals surface area contributed by atoms with Crippen LogP contribution in [0.25, 0.3) is 0 Å². The smallest absolute Gasteiger partial charge is 0.269 e. The van der Waals surface area contributed by atoms with E-state index in [2.05, 4.69) is 17.0 Å². The number of amides is 1. The molecule has 0 radical (unpaired) electrons. The van der Waals surface area contributed by atoms with Crippen LogP contribution in [0.3, 0.4) is 0 Å². The van der Waals surface area contributed by atoms with Gasteiger partial charge in [-0.25, -0.2) is 0 Å². The molecule has 1 aliphatic heterocycles. The minimum absolute atomic E-state index is 0. The standard InChI is InChI=1S/C18H19N3O3.ClH/c22-18(16-6-8-17(9-7-16)21(23)24)20-12-10-19(11-13-20)14-15-4-2-1-3-5-15;/h1-9H,10-14H2;1H. The van der Waals surface area contributed by atoms with Gasteiger partial charge in [0.25, 0.3) is 11.6 Å². The molecule has 0 unspecified atom stereocenters. The van der Waals surface area contributed by atoms with Crippen LogP contribution in [0.2, 0.25) is 0 Å². The van der Waals surface area contributed by atoms with Crippen LogP contribution >= 0.6 is 12.4 Å². The number of piperazine rings is 1. The molecule has 0 saturated carbocycles. The summed E-state index contributed by atoms with van der Waals surface area (Å²) in [4.78, 5) is 26.8. The van der Waals surface area contributed by atoms with Crippen molar-refractivity contribution in [3.05, 3.63) is 75.8 Å². The molecule has 25 heavy (non-hydrogen) atoms. The van der Waals surface area contributed by atoms with E-state index in [9.17, 15) is 14.9 Å². The molecule has 1 aliphatic rings. The van der Waals surface area contributed by atoms with E-state index in [0.717, 1.165) is 19.6 Å². The van der Waals surface area contributed by atoms with Crippen molar-refractivity contribution in [3.63, 3.8) is 0 Å². The summed E-state index contributed by atoms with van der Waals surface area (Å²) in [5, 5.41) is 10.7. The molecular formula is C18H20ClN3O3. The van der Waals surface area contributed by atoms with Gasteiger partial charge < -0.3 is 4.90 Å². The highest BCUT2D eigenvalue weighted by Crippen LogP contribution is 2.15. The predicted octanol–water partition coefficient (Wildman–Crippen LogP) is 2.97. The van der Waals surface area contributed by atoms with Crippen molar-refractivity contribution < 1.29 is 9.72 Å². The van der Waals surface area contributed by atoms with Crippen LogP contribution in [-0.2, 0) is 6.54 Å².